The summed E-state index contributed by atoms with van der Waals surface area (Å²) in [5.74, 6) is -0.121. The fourth-order valence-corrected chi connectivity index (χ4v) is 2.47. The summed E-state index contributed by atoms with van der Waals surface area (Å²) in [7, 11) is 0. The molecule has 1 atom stereocenters. The van der Waals surface area contributed by atoms with Crippen molar-refractivity contribution in [3.63, 3.8) is 0 Å². The van der Waals surface area contributed by atoms with E-state index in [0.717, 1.165) is 22.4 Å². The Kier molecular flexibility index (Phi) is 4.43. The first-order valence-electron chi connectivity index (χ1n) is 5.48. The number of amides is 1. The first-order chi connectivity index (χ1) is 8.66. The van der Waals surface area contributed by atoms with Crippen LogP contribution in [0.25, 0.3) is 0 Å². The van der Waals surface area contributed by atoms with Crippen LogP contribution in [0.5, 0.6) is 0 Å². The van der Waals surface area contributed by atoms with E-state index < -0.39 is 0 Å². The van der Waals surface area contributed by atoms with Crippen LogP contribution < -0.4 is 5.32 Å². The molecule has 1 aromatic heterocycles. The molecule has 2 rings (SSSR count). The summed E-state index contributed by atoms with van der Waals surface area (Å²) >= 11 is 4.60. The summed E-state index contributed by atoms with van der Waals surface area (Å²) in [6.07, 6.45) is 2.25. The maximum Gasteiger partial charge on any atom is 0.264 e. The number of halogens is 1. The molecule has 94 valence electrons. The lowest BCUT2D eigenvalue weighted by molar-refractivity contribution is 0.0944. The van der Waals surface area contributed by atoms with E-state index in [1.165, 1.54) is 11.8 Å². The van der Waals surface area contributed by atoms with Crippen LogP contribution in [-0.2, 0) is 6.42 Å². The van der Waals surface area contributed by atoms with Gasteiger partial charge >= 0.3 is 0 Å². The predicted octanol–water partition coefficient (Wildman–Crippen LogP) is 2.66. The third-order valence-electron chi connectivity index (χ3n) is 2.45. The fourth-order valence-electron chi connectivity index (χ4n) is 1.61. The van der Waals surface area contributed by atoms with Crippen molar-refractivity contribution in [3.8, 4) is 0 Å². The zero-order chi connectivity index (χ0) is 13.0. The molecule has 0 bridgehead atoms. The van der Waals surface area contributed by atoms with E-state index in [0.29, 0.717) is 4.88 Å². The Morgan fingerprint density at radius 2 is 2.28 bits per heavy atom. The van der Waals surface area contributed by atoms with Gasteiger partial charge in [0.1, 0.15) is 4.88 Å². The van der Waals surface area contributed by atoms with Crippen molar-refractivity contribution in [1.82, 2.24) is 14.9 Å². The van der Waals surface area contributed by atoms with Crippen molar-refractivity contribution in [3.05, 3.63) is 45.4 Å². The molecule has 0 radical (unpaired) electrons. The van der Waals surface area contributed by atoms with E-state index in [1.807, 2.05) is 31.2 Å². The van der Waals surface area contributed by atoms with Crippen LogP contribution in [0.2, 0.25) is 0 Å². The van der Waals surface area contributed by atoms with Gasteiger partial charge in [-0.3, -0.25) is 4.79 Å². The number of nitrogens with one attached hydrogen (secondary N) is 1. The zero-order valence-corrected chi connectivity index (χ0v) is 12.2. The van der Waals surface area contributed by atoms with Crippen molar-refractivity contribution in [2.75, 3.05) is 0 Å². The molecule has 1 aromatic carbocycles. The number of hydrogen-bond donors (Lipinski definition) is 1. The summed E-state index contributed by atoms with van der Waals surface area (Å²) in [6.45, 7) is 1.98. The lowest BCUT2D eigenvalue weighted by Crippen LogP contribution is -2.33. The molecule has 0 saturated heterocycles. The number of rotatable bonds is 4. The lowest BCUT2D eigenvalue weighted by atomic mass is 10.1. The normalized spacial score (nSPS) is 12.1. The van der Waals surface area contributed by atoms with Crippen LogP contribution in [-0.4, -0.2) is 21.5 Å². The summed E-state index contributed by atoms with van der Waals surface area (Å²) in [6, 6.07) is 8.05. The van der Waals surface area contributed by atoms with E-state index >= 15 is 0 Å². The topological polar surface area (TPSA) is 54.9 Å². The van der Waals surface area contributed by atoms with Crippen LogP contribution >= 0.6 is 27.5 Å². The molecule has 0 aliphatic rings. The van der Waals surface area contributed by atoms with Gasteiger partial charge in [-0.25, -0.2) is 0 Å². The third kappa shape index (κ3) is 3.36. The Hall–Kier alpha value is -1.27. The standard InChI is InChI=1S/C12H12BrN3OS/c1-8(6-9-4-2-3-5-10(9)13)15-12(17)11-7-14-16-18-11/h2-5,7-8H,6H2,1H3,(H,15,17). The highest BCUT2D eigenvalue weighted by Gasteiger charge is 2.13. The lowest BCUT2D eigenvalue weighted by Gasteiger charge is -2.13. The monoisotopic (exact) mass is 325 g/mol. The van der Waals surface area contributed by atoms with Gasteiger partial charge in [0.05, 0.1) is 6.20 Å². The minimum absolute atomic E-state index is 0.0540. The molecule has 2 aromatic rings. The Balaban J connectivity index is 1.95. The molecule has 18 heavy (non-hydrogen) atoms. The number of hydrogen-bond acceptors (Lipinski definition) is 4. The average molecular weight is 326 g/mol. The molecule has 0 saturated carbocycles. The van der Waals surface area contributed by atoms with Crippen molar-refractivity contribution in [1.29, 1.82) is 0 Å². The second-order valence-corrected chi connectivity index (χ2v) is 5.59. The summed E-state index contributed by atoms with van der Waals surface area (Å²) in [4.78, 5) is 12.3. The highest BCUT2D eigenvalue weighted by molar-refractivity contribution is 9.10. The second kappa shape index (κ2) is 6.06. The van der Waals surface area contributed by atoms with Gasteiger partial charge in [0, 0.05) is 10.5 Å². The third-order valence-corrected chi connectivity index (χ3v) is 3.88. The van der Waals surface area contributed by atoms with Gasteiger partial charge in [0.25, 0.3) is 5.91 Å². The molecule has 1 N–H and O–H groups in total. The van der Waals surface area contributed by atoms with E-state index in [1.54, 1.807) is 0 Å². The molecule has 1 unspecified atom stereocenters. The summed E-state index contributed by atoms with van der Waals surface area (Å²) in [5.41, 5.74) is 1.17. The smallest absolute Gasteiger partial charge is 0.264 e. The van der Waals surface area contributed by atoms with Crippen molar-refractivity contribution in [2.24, 2.45) is 0 Å². The number of benzene rings is 1. The molecular weight excluding hydrogens is 314 g/mol. The zero-order valence-electron chi connectivity index (χ0n) is 9.76. The summed E-state index contributed by atoms with van der Waals surface area (Å²) in [5, 5.41) is 6.58. The predicted molar refractivity (Wildman–Crippen MR) is 74.7 cm³/mol. The van der Waals surface area contributed by atoms with Crippen LogP contribution in [0.3, 0.4) is 0 Å². The van der Waals surface area contributed by atoms with E-state index in [-0.39, 0.29) is 11.9 Å². The largest absolute Gasteiger partial charge is 0.348 e. The first-order valence-corrected chi connectivity index (χ1v) is 7.05. The molecule has 1 heterocycles. The van der Waals surface area contributed by atoms with Gasteiger partial charge in [0.15, 0.2) is 0 Å². The number of aromatic nitrogens is 2. The highest BCUT2D eigenvalue weighted by Crippen LogP contribution is 2.17. The quantitative estimate of drug-likeness (QED) is 0.940. The molecule has 0 fully saturated rings. The maximum absolute atomic E-state index is 11.8. The maximum atomic E-state index is 11.8. The first kappa shape index (κ1) is 13.2. The van der Waals surface area contributed by atoms with Gasteiger partial charge in [-0.1, -0.05) is 38.6 Å². The van der Waals surface area contributed by atoms with Gasteiger partial charge in [-0.2, -0.15) is 0 Å². The molecule has 0 aliphatic carbocycles. The molecule has 6 heteroatoms. The molecule has 1 amide bonds. The Labute approximate surface area is 118 Å². The Bertz CT molecular complexity index is 530. The molecule has 0 spiro atoms. The number of carbonyl (C=O) groups is 1. The van der Waals surface area contributed by atoms with Crippen molar-refractivity contribution >= 4 is 33.4 Å². The Morgan fingerprint density at radius 3 is 2.94 bits per heavy atom. The Morgan fingerprint density at radius 1 is 1.50 bits per heavy atom. The molecule has 4 nitrogen and oxygen atoms in total. The van der Waals surface area contributed by atoms with Crippen molar-refractivity contribution in [2.45, 2.75) is 19.4 Å². The SMILES string of the molecule is CC(Cc1ccccc1Br)NC(=O)c1cnns1. The highest BCUT2D eigenvalue weighted by atomic mass is 79.9. The van der Waals surface area contributed by atoms with E-state index in [2.05, 4.69) is 30.8 Å². The van der Waals surface area contributed by atoms with Crippen LogP contribution in [0.4, 0.5) is 0 Å². The minimum atomic E-state index is -0.121. The average Bonchev–Trinajstić information content (AvgIpc) is 2.85. The van der Waals surface area contributed by atoms with Gasteiger partial charge in [-0.05, 0) is 36.5 Å². The van der Waals surface area contributed by atoms with Crippen LogP contribution in [0.15, 0.2) is 34.9 Å². The van der Waals surface area contributed by atoms with E-state index in [4.69, 9.17) is 0 Å². The van der Waals surface area contributed by atoms with Gasteiger partial charge in [0.2, 0.25) is 0 Å². The number of carbonyl (C=O) groups excluding carboxylic acids is 1. The number of nitrogens with zero attached hydrogens (tertiary/aromatic N) is 2. The molecule has 0 aliphatic heterocycles. The summed E-state index contributed by atoms with van der Waals surface area (Å²) < 4.78 is 4.73. The van der Waals surface area contributed by atoms with Gasteiger partial charge in [-0.15, -0.1) is 5.10 Å². The van der Waals surface area contributed by atoms with Gasteiger partial charge < -0.3 is 5.32 Å². The minimum Gasteiger partial charge on any atom is -0.348 e. The fraction of sp³-hybridized carbons (Fsp3) is 0.250. The van der Waals surface area contributed by atoms with Crippen LogP contribution in [0, 0.1) is 0 Å². The van der Waals surface area contributed by atoms with Crippen molar-refractivity contribution < 1.29 is 4.79 Å². The molecular formula is C12H12BrN3OS. The van der Waals surface area contributed by atoms with Crippen LogP contribution in [0.1, 0.15) is 22.2 Å². The second-order valence-electron chi connectivity index (χ2n) is 3.95. The van der Waals surface area contributed by atoms with E-state index in [9.17, 15) is 4.79 Å².